The first-order valence-corrected chi connectivity index (χ1v) is 7.19. The summed E-state index contributed by atoms with van der Waals surface area (Å²) >= 11 is 0. The number of carbonyl (C=O) groups is 1. The summed E-state index contributed by atoms with van der Waals surface area (Å²) in [5.74, 6) is -0.545. The van der Waals surface area contributed by atoms with E-state index >= 15 is 0 Å². The van der Waals surface area contributed by atoms with Crippen molar-refractivity contribution in [2.45, 2.75) is 39.2 Å². The molecule has 6 nitrogen and oxygen atoms in total. The van der Waals surface area contributed by atoms with Crippen LogP contribution in [0.4, 0.5) is 11.4 Å². The molecule has 0 spiro atoms. The molecule has 1 fully saturated rings. The number of nitrogens with zero attached hydrogens (tertiary/aromatic N) is 2. The molecule has 1 heterocycles. The van der Waals surface area contributed by atoms with E-state index in [9.17, 15) is 20.0 Å². The minimum atomic E-state index is -0.911. The van der Waals surface area contributed by atoms with Gasteiger partial charge in [-0.25, -0.2) is 4.79 Å². The fourth-order valence-electron chi connectivity index (χ4n) is 3.08. The van der Waals surface area contributed by atoms with Gasteiger partial charge < -0.3 is 10.0 Å². The molecule has 1 aromatic carbocycles. The predicted octanol–water partition coefficient (Wildman–Crippen LogP) is 2.98. The maximum atomic E-state index is 11.6. The van der Waals surface area contributed by atoms with Crippen LogP contribution in [-0.4, -0.2) is 28.6 Å². The van der Waals surface area contributed by atoms with Gasteiger partial charge in [-0.2, -0.15) is 0 Å². The van der Waals surface area contributed by atoms with Crippen molar-refractivity contribution in [2.24, 2.45) is 5.92 Å². The Balaban J connectivity index is 2.44. The molecule has 1 aliphatic rings. The number of hydrogen-bond acceptors (Lipinski definition) is 4. The number of nitro benzene ring substituents is 1. The SMILES string of the molecule is CCC1CCN(c2c(C)cccc2[N+](=O)[O-])C(C(=O)O)C1. The normalized spacial score (nSPS) is 22.1. The number of benzene rings is 1. The molecule has 2 unspecified atom stereocenters. The number of piperidine rings is 1. The molecular weight excluding hydrogens is 272 g/mol. The molecule has 6 heteroatoms. The molecule has 1 saturated heterocycles. The van der Waals surface area contributed by atoms with Gasteiger partial charge in [0.05, 0.1) is 4.92 Å². The zero-order chi connectivity index (χ0) is 15.6. The first-order valence-electron chi connectivity index (χ1n) is 7.19. The summed E-state index contributed by atoms with van der Waals surface area (Å²) in [5.41, 5.74) is 1.17. The molecule has 0 saturated carbocycles. The third-order valence-corrected chi connectivity index (χ3v) is 4.27. The zero-order valence-electron chi connectivity index (χ0n) is 12.3. The number of carboxylic acid groups (broad SMARTS) is 1. The van der Waals surface area contributed by atoms with Crippen molar-refractivity contribution in [2.75, 3.05) is 11.4 Å². The first-order chi connectivity index (χ1) is 9.95. The van der Waals surface area contributed by atoms with Gasteiger partial charge in [0.25, 0.3) is 5.69 Å². The van der Waals surface area contributed by atoms with Crippen molar-refractivity contribution in [1.29, 1.82) is 0 Å². The molecule has 0 aliphatic carbocycles. The first kappa shape index (κ1) is 15.3. The average Bonchev–Trinajstić information content (AvgIpc) is 2.46. The van der Waals surface area contributed by atoms with Crippen LogP contribution in [0.2, 0.25) is 0 Å². The van der Waals surface area contributed by atoms with E-state index in [4.69, 9.17) is 0 Å². The number of anilines is 1. The van der Waals surface area contributed by atoms with Crippen LogP contribution < -0.4 is 4.90 Å². The molecule has 0 amide bonds. The fourth-order valence-corrected chi connectivity index (χ4v) is 3.08. The largest absolute Gasteiger partial charge is 0.480 e. The van der Waals surface area contributed by atoms with E-state index in [1.807, 2.05) is 0 Å². The monoisotopic (exact) mass is 292 g/mol. The molecule has 1 aliphatic heterocycles. The van der Waals surface area contributed by atoms with Crippen molar-refractivity contribution in [3.8, 4) is 0 Å². The Morgan fingerprint density at radius 2 is 2.24 bits per heavy atom. The lowest BCUT2D eigenvalue weighted by Crippen LogP contribution is -2.47. The van der Waals surface area contributed by atoms with Gasteiger partial charge in [0, 0.05) is 12.6 Å². The lowest BCUT2D eigenvalue weighted by Gasteiger charge is -2.38. The fraction of sp³-hybridized carbons (Fsp3) is 0.533. The van der Waals surface area contributed by atoms with Crippen LogP contribution in [0.5, 0.6) is 0 Å². The second-order valence-corrected chi connectivity index (χ2v) is 5.55. The van der Waals surface area contributed by atoms with Crippen LogP contribution in [0.15, 0.2) is 18.2 Å². The van der Waals surface area contributed by atoms with Gasteiger partial charge in [-0.3, -0.25) is 10.1 Å². The lowest BCUT2D eigenvalue weighted by molar-refractivity contribution is -0.384. The van der Waals surface area contributed by atoms with Crippen LogP contribution in [0.25, 0.3) is 0 Å². The maximum absolute atomic E-state index is 11.6. The maximum Gasteiger partial charge on any atom is 0.326 e. The van der Waals surface area contributed by atoms with Crippen LogP contribution in [0.3, 0.4) is 0 Å². The Morgan fingerprint density at radius 1 is 1.52 bits per heavy atom. The van der Waals surface area contributed by atoms with Crippen LogP contribution in [0.1, 0.15) is 31.7 Å². The van der Waals surface area contributed by atoms with Gasteiger partial charge in [-0.15, -0.1) is 0 Å². The van der Waals surface area contributed by atoms with Gasteiger partial charge >= 0.3 is 5.97 Å². The summed E-state index contributed by atoms with van der Waals surface area (Å²) in [6.45, 7) is 4.38. The van der Waals surface area contributed by atoms with Crippen molar-refractivity contribution < 1.29 is 14.8 Å². The van der Waals surface area contributed by atoms with E-state index in [-0.39, 0.29) is 5.69 Å². The van der Waals surface area contributed by atoms with Gasteiger partial charge in [0.2, 0.25) is 0 Å². The van der Waals surface area contributed by atoms with E-state index in [2.05, 4.69) is 6.92 Å². The number of aryl methyl sites for hydroxylation is 1. The molecule has 2 atom stereocenters. The number of para-hydroxylation sites is 1. The second kappa shape index (κ2) is 6.11. The predicted molar refractivity (Wildman–Crippen MR) is 79.6 cm³/mol. The third-order valence-electron chi connectivity index (χ3n) is 4.27. The zero-order valence-corrected chi connectivity index (χ0v) is 12.3. The van der Waals surface area contributed by atoms with Crippen molar-refractivity contribution in [3.05, 3.63) is 33.9 Å². The number of nitro groups is 1. The van der Waals surface area contributed by atoms with Crippen molar-refractivity contribution >= 4 is 17.3 Å². The van der Waals surface area contributed by atoms with E-state index in [1.54, 1.807) is 24.0 Å². The van der Waals surface area contributed by atoms with Gasteiger partial charge in [-0.1, -0.05) is 25.5 Å². The van der Waals surface area contributed by atoms with Gasteiger partial charge in [-0.05, 0) is 31.2 Å². The molecule has 21 heavy (non-hydrogen) atoms. The molecule has 1 N–H and O–H groups in total. The summed E-state index contributed by atoms with van der Waals surface area (Å²) < 4.78 is 0. The lowest BCUT2D eigenvalue weighted by atomic mass is 9.88. The minimum absolute atomic E-state index is 0.0174. The van der Waals surface area contributed by atoms with Gasteiger partial charge in [0.1, 0.15) is 11.7 Å². The highest BCUT2D eigenvalue weighted by atomic mass is 16.6. The molecule has 0 radical (unpaired) electrons. The van der Waals surface area contributed by atoms with Crippen LogP contribution >= 0.6 is 0 Å². The Morgan fingerprint density at radius 3 is 2.81 bits per heavy atom. The standard InChI is InChI=1S/C15H20N2O4/c1-3-11-7-8-16(13(9-11)15(18)19)14-10(2)5-4-6-12(14)17(20)21/h4-6,11,13H,3,7-9H2,1-2H3,(H,18,19). The molecule has 1 aromatic rings. The highest BCUT2D eigenvalue weighted by Gasteiger charge is 2.36. The Labute approximate surface area is 123 Å². The summed E-state index contributed by atoms with van der Waals surface area (Å²) in [5, 5.41) is 20.7. The smallest absolute Gasteiger partial charge is 0.326 e. The average molecular weight is 292 g/mol. The van der Waals surface area contributed by atoms with E-state index in [1.165, 1.54) is 6.07 Å². The Bertz CT molecular complexity index is 559. The summed E-state index contributed by atoms with van der Waals surface area (Å²) in [6, 6.07) is 4.16. The van der Waals surface area contributed by atoms with Crippen LogP contribution in [-0.2, 0) is 4.79 Å². The highest BCUT2D eigenvalue weighted by molar-refractivity contribution is 5.81. The summed E-state index contributed by atoms with van der Waals surface area (Å²) in [7, 11) is 0. The number of hydrogen-bond donors (Lipinski definition) is 1. The van der Waals surface area contributed by atoms with E-state index in [0.29, 0.717) is 24.6 Å². The molecule has 0 aromatic heterocycles. The quantitative estimate of drug-likeness (QED) is 0.681. The summed E-state index contributed by atoms with van der Waals surface area (Å²) in [4.78, 5) is 24.1. The molecule has 0 bridgehead atoms. The summed E-state index contributed by atoms with van der Waals surface area (Å²) in [6.07, 6.45) is 2.34. The number of carboxylic acids is 1. The third kappa shape index (κ3) is 2.99. The second-order valence-electron chi connectivity index (χ2n) is 5.55. The number of aliphatic carboxylic acids is 1. The van der Waals surface area contributed by atoms with Gasteiger partial charge in [0.15, 0.2) is 0 Å². The molecule has 114 valence electrons. The van der Waals surface area contributed by atoms with Crippen molar-refractivity contribution in [1.82, 2.24) is 0 Å². The Kier molecular flexibility index (Phi) is 4.45. The number of rotatable bonds is 4. The van der Waals surface area contributed by atoms with E-state index in [0.717, 1.165) is 18.4 Å². The van der Waals surface area contributed by atoms with Crippen molar-refractivity contribution in [3.63, 3.8) is 0 Å². The molecular formula is C15H20N2O4. The van der Waals surface area contributed by atoms with Crippen LogP contribution in [0, 0.1) is 23.0 Å². The molecule has 2 rings (SSSR count). The topological polar surface area (TPSA) is 83.7 Å². The van der Waals surface area contributed by atoms with E-state index < -0.39 is 16.9 Å². The Hall–Kier alpha value is -2.11. The minimum Gasteiger partial charge on any atom is -0.480 e. The highest BCUT2D eigenvalue weighted by Crippen LogP contribution is 2.37.